The molecule has 122 valence electrons. The summed E-state index contributed by atoms with van der Waals surface area (Å²) in [5, 5.41) is 3.99. The molecule has 0 N–H and O–H groups in total. The second-order valence-corrected chi connectivity index (χ2v) is 6.76. The van der Waals surface area contributed by atoms with Crippen LogP contribution in [0.3, 0.4) is 0 Å². The van der Waals surface area contributed by atoms with Gasteiger partial charge in [0.2, 0.25) is 5.89 Å². The van der Waals surface area contributed by atoms with Gasteiger partial charge in [0.1, 0.15) is 0 Å². The highest BCUT2D eigenvalue weighted by molar-refractivity contribution is 5.68. The molecule has 2 heterocycles. The van der Waals surface area contributed by atoms with Crippen LogP contribution < -0.4 is 0 Å². The second-order valence-electron chi connectivity index (χ2n) is 6.76. The van der Waals surface area contributed by atoms with Gasteiger partial charge in [-0.3, -0.25) is 4.90 Å². The van der Waals surface area contributed by atoms with Crippen LogP contribution in [0.4, 0.5) is 4.79 Å². The molecular weight excluding hydrogens is 284 g/mol. The highest BCUT2D eigenvalue weighted by Gasteiger charge is 2.56. The van der Waals surface area contributed by atoms with Crippen molar-refractivity contribution in [3.05, 3.63) is 11.7 Å². The van der Waals surface area contributed by atoms with Crippen molar-refractivity contribution in [2.75, 3.05) is 33.8 Å². The summed E-state index contributed by atoms with van der Waals surface area (Å²) in [5.41, 5.74) is 0. The van der Waals surface area contributed by atoms with Crippen LogP contribution in [0.2, 0.25) is 0 Å². The van der Waals surface area contributed by atoms with E-state index in [9.17, 15) is 4.79 Å². The quantitative estimate of drug-likeness (QED) is 0.822. The van der Waals surface area contributed by atoms with Crippen molar-refractivity contribution < 1.29 is 14.1 Å². The van der Waals surface area contributed by atoms with E-state index in [2.05, 4.69) is 35.9 Å². The molecule has 1 amide bonds. The minimum absolute atomic E-state index is 0.202. The van der Waals surface area contributed by atoms with Crippen molar-refractivity contribution in [3.63, 3.8) is 0 Å². The number of hydrogen-bond donors (Lipinski definition) is 0. The zero-order valence-electron chi connectivity index (χ0n) is 13.7. The van der Waals surface area contributed by atoms with Crippen LogP contribution in [0.1, 0.15) is 31.5 Å². The van der Waals surface area contributed by atoms with E-state index in [-0.39, 0.29) is 12.0 Å². The Hall–Kier alpha value is -1.63. The lowest BCUT2D eigenvalue weighted by atomic mass is 10.2. The Balaban J connectivity index is 1.44. The van der Waals surface area contributed by atoms with Gasteiger partial charge in [-0.15, -0.1) is 0 Å². The molecule has 0 radical (unpaired) electrons. The average molecular weight is 308 g/mol. The van der Waals surface area contributed by atoms with E-state index < -0.39 is 0 Å². The number of fused-ring (bicyclic) bond motifs is 1. The molecule has 1 aliphatic heterocycles. The van der Waals surface area contributed by atoms with Crippen LogP contribution in [0.5, 0.6) is 0 Å². The van der Waals surface area contributed by atoms with Gasteiger partial charge < -0.3 is 14.2 Å². The van der Waals surface area contributed by atoms with Gasteiger partial charge in [0.15, 0.2) is 5.82 Å². The van der Waals surface area contributed by atoms with E-state index in [4.69, 9.17) is 9.26 Å². The van der Waals surface area contributed by atoms with Gasteiger partial charge in [-0.05, 0) is 24.8 Å². The predicted molar refractivity (Wildman–Crippen MR) is 79.2 cm³/mol. The maximum Gasteiger partial charge on any atom is 0.409 e. The number of aromatic nitrogens is 2. The lowest BCUT2D eigenvalue weighted by Crippen LogP contribution is -2.33. The maximum atomic E-state index is 11.5. The molecular formula is C15H24N4O3. The fourth-order valence-corrected chi connectivity index (χ4v) is 3.42. The number of nitrogens with zero attached hydrogens (tertiary/aromatic N) is 4. The largest absolute Gasteiger partial charge is 0.453 e. The van der Waals surface area contributed by atoms with E-state index in [1.165, 1.54) is 7.11 Å². The zero-order valence-corrected chi connectivity index (χ0v) is 13.7. The summed E-state index contributed by atoms with van der Waals surface area (Å²) in [6.45, 7) is 7.44. The maximum absolute atomic E-state index is 11.5. The Morgan fingerprint density at radius 2 is 2.14 bits per heavy atom. The Bertz CT molecular complexity index is 533. The van der Waals surface area contributed by atoms with Crippen LogP contribution in [0, 0.1) is 17.8 Å². The molecule has 7 heteroatoms. The monoisotopic (exact) mass is 308 g/mol. The Labute approximate surface area is 130 Å². The average Bonchev–Trinajstić information content (AvgIpc) is 2.91. The molecule has 3 rings (SSSR count). The number of rotatable bonds is 5. The standard InChI is InChI=1S/C15H24N4O3/c1-9(2)14-16-13(22-17-14)8-18(3)5-10-11-6-19(7-12(10)11)15(20)21-4/h9-12H,5-8H2,1-4H3/t10?,11-,12+. The lowest BCUT2D eigenvalue weighted by molar-refractivity contribution is 0.125. The van der Waals surface area contributed by atoms with Crippen LogP contribution in [0.15, 0.2) is 4.52 Å². The van der Waals surface area contributed by atoms with Gasteiger partial charge in [-0.2, -0.15) is 4.98 Å². The van der Waals surface area contributed by atoms with Gasteiger partial charge in [0.25, 0.3) is 0 Å². The van der Waals surface area contributed by atoms with Crippen molar-refractivity contribution in [3.8, 4) is 0 Å². The molecule has 2 fully saturated rings. The molecule has 0 bridgehead atoms. The van der Waals surface area contributed by atoms with Gasteiger partial charge >= 0.3 is 6.09 Å². The van der Waals surface area contributed by atoms with E-state index >= 15 is 0 Å². The number of amides is 1. The molecule has 0 spiro atoms. The Morgan fingerprint density at radius 1 is 1.45 bits per heavy atom. The molecule has 1 aromatic rings. The van der Waals surface area contributed by atoms with Crippen molar-refractivity contribution in [2.24, 2.45) is 17.8 Å². The number of likely N-dealkylation sites (tertiary alicyclic amines) is 1. The summed E-state index contributed by atoms with van der Waals surface area (Å²) >= 11 is 0. The highest BCUT2D eigenvalue weighted by atomic mass is 16.5. The summed E-state index contributed by atoms with van der Waals surface area (Å²) in [5.74, 6) is 3.63. The van der Waals surface area contributed by atoms with E-state index in [0.717, 1.165) is 25.5 Å². The second kappa shape index (κ2) is 5.87. The topological polar surface area (TPSA) is 71.7 Å². The van der Waals surface area contributed by atoms with E-state index in [1.54, 1.807) is 4.90 Å². The number of carbonyl (C=O) groups excluding carboxylic acids is 1. The zero-order chi connectivity index (χ0) is 15.9. The molecule has 3 atom stereocenters. The first-order valence-electron chi connectivity index (χ1n) is 7.83. The van der Waals surface area contributed by atoms with Crippen molar-refractivity contribution >= 4 is 6.09 Å². The highest BCUT2D eigenvalue weighted by Crippen LogP contribution is 2.52. The fourth-order valence-electron chi connectivity index (χ4n) is 3.42. The van der Waals surface area contributed by atoms with Crippen molar-refractivity contribution in [1.29, 1.82) is 0 Å². The lowest BCUT2D eigenvalue weighted by Gasteiger charge is -2.20. The number of ether oxygens (including phenoxy) is 1. The minimum atomic E-state index is -0.202. The molecule has 0 aromatic carbocycles. The number of hydrogen-bond acceptors (Lipinski definition) is 6. The SMILES string of the molecule is COC(=O)N1C[C@@H]2C(CN(C)Cc3nc(C(C)C)no3)[C@@H]2C1. The normalized spacial score (nSPS) is 26.6. The molecule has 7 nitrogen and oxygen atoms in total. The smallest absolute Gasteiger partial charge is 0.409 e. The van der Waals surface area contributed by atoms with E-state index in [1.807, 2.05) is 0 Å². The molecule has 1 saturated carbocycles. The van der Waals surface area contributed by atoms with Gasteiger partial charge in [0, 0.05) is 25.6 Å². The first-order valence-corrected chi connectivity index (χ1v) is 7.83. The summed E-state index contributed by atoms with van der Waals surface area (Å²) in [4.78, 5) is 19.9. The summed E-state index contributed by atoms with van der Waals surface area (Å²) < 4.78 is 10.1. The third kappa shape index (κ3) is 2.95. The first-order chi connectivity index (χ1) is 10.5. The molecule has 1 aliphatic carbocycles. The van der Waals surface area contributed by atoms with E-state index in [0.29, 0.717) is 30.2 Å². The number of carbonyl (C=O) groups is 1. The van der Waals surface area contributed by atoms with Gasteiger partial charge in [-0.25, -0.2) is 4.79 Å². The molecule has 1 aromatic heterocycles. The van der Waals surface area contributed by atoms with Crippen LogP contribution in [-0.4, -0.2) is 59.8 Å². The van der Waals surface area contributed by atoms with Crippen molar-refractivity contribution in [1.82, 2.24) is 19.9 Å². The number of piperidine rings is 1. The summed E-state index contributed by atoms with van der Waals surface area (Å²) in [6.07, 6.45) is -0.202. The summed E-state index contributed by atoms with van der Waals surface area (Å²) in [7, 11) is 3.51. The minimum Gasteiger partial charge on any atom is -0.453 e. The molecule has 1 saturated heterocycles. The Morgan fingerprint density at radius 3 is 2.68 bits per heavy atom. The van der Waals surface area contributed by atoms with Crippen LogP contribution >= 0.6 is 0 Å². The Kier molecular flexibility index (Phi) is 4.08. The first kappa shape index (κ1) is 15.3. The molecule has 22 heavy (non-hydrogen) atoms. The van der Waals surface area contributed by atoms with Crippen LogP contribution in [-0.2, 0) is 11.3 Å². The third-order valence-electron chi connectivity index (χ3n) is 4.73. The third-order valence-corrected chi connectivity index (χ3v) is 4.73. The van der Waals surface area contributed by atoms with Gasteiger partial charge in [0.05, 0.1) is 13.7 Å². The molecule has 1 unspecified atom stereocenters. The fraction of sp³-hybridized carbons (Fsp3) is 0.800. The summed E-state index contributed by atoms with van der Waals surface area (Å²) in [6, 6.07) is 0. The van der Waals surface area contributed by atoms with Gasteiger partial charge in [-0.1, -0.05) is 19.0 Å². The van der Waals surface area contributed by atoms with Crippen LogP contribution in [0.25, 0.3) is 0 Å². The molecule has 2 aliphatic rings. The van der Waals surface area contributed by atoms with Crippen molar-refractivity contribution in [2.45, 2.75) is 26.3 Å². The predicted octanol–water partition coefficient (Wildman–Crippen LogP) is 1.57. The number of methoxy groups -OCH3 is 1.